The fraction of sp³-hybridized carbons (Fsp3) is 0.169. The maximum absolute atomic E-state index is 15.7. The number of carboxylic acid groups (broad SMARTS) is 4. The number of rotatable bonds is 16. The fourth-order valence-electron chi connectivity index (χ4n) is 11.6. The molecular weight excluding hydrogens is 1830 g/mol. The van der Waals surface area contributed by atoms with Gasteiger partial charge in [-0.2, -0.15) is 12.4 Å². The van der Waals surface area contributed by atoms with Gasteiger partial charge in [0.05, 0.1) is 65.6 Å². The number of aliphatic carboxylic acids is 4. The Morgan fingerprint density at radius 3 is 1.06 bits per heavy atom. The number of ether oxygens (including phenoxy) is 4. The van der Waals surface area contributed by atoms with Crippen LogP contribution in [-0.4, -0.2) is 148 Å². The smallest absolute Gasteiger partial charge is 1.00 e. The van der Waals surface area contributed by atoms with Gasteiger partial charge in [0.2, 0.25) is 29.0 Å². The van der Waals surface area contributed by atoms with Crippen molar-refractivity contribution in [3.05, 3.63) is 182 Å². The van der Waals surface area contributed by atoms with E-state index in [1.54, 1.807) is 37.0 Å². The standard InChI is InChI=1S/C37H8F15N4O6S2.C24H22N4O4.C10H16N2O8.ClH.3Fe/c38-21-18(22(39)28(45)33(50)27(21)44)15-7-1-2-9(53-7)16(19-23(40)29(46)34(51)30(47)24(19)41)11-5-13(63(57,58)59)36(55-11)12-6-14(64(60,61)62)37(56-12)17(10-4-3-8(15)54-10)20-25(42)31(48)35(52)32(49)26(20)43;1-23(2)29-19-11-15-16(12-20(19)30-23)26-8-6-10-28-18-14-22-21(31-24(3,4)32-22)13-17(18)27-9-5-7-25-15;13-7(14)3-11(4-8(15)16)1-2-12(5-9(17)18)6-10(19)20;;;;/h1-6H,(H,57,58,59)(H,60,61,62);5-14H,1-4H3;1-6H2,(H,13,14)(H,15,16)(H,17,18)(H,19,20);1H;;;/q-3;-2;;;+2;+3;+5/p-3. The number of nitrogens with zero attached hydrogens (tertiary/aromatic N) is 10. The molecule has 8 bridgehead atoms. The van der Waals surface area contributed by atoms with Crippen molar-refractivity contribution in [2.45, 2.75) is 49.1 Å². The van der Waals surface area contributed by atoms with Crippen molar-refractivity contribution in [2.24, 2.45) is 9.98 Å². The molecule has 5 aromatic carbocycles. The summed E-state index contributed by atoms with van der Waals surface area (Å²) in [5, 5.41) is 43.5. The number of fused-ring (bicyclic) bond motifs is 13. The minimum Gasteiger partial charge on any atom is -1.00 e. The Hall–Kier alpha value is -11.1. The summed E-state index contributed by atoms with van der Waals surface area (Å²) in [7, 11) is -12.4. The molecule has 4 aliphatic heterocycles. The van der Waals surface area contributed by atoms with E-state index in [4.69, 9.17) is 39.4 Å². The van der Waals surface area contributed by atoms with Crippen LogP contribution in [0.25, 0.3) is 89.3 Å². The Balaban J connectivity index is 0.000000294. The Morgan fingerprint density at radius 1 is 0.425 bits per heavy atom. The Morgan fingerprint density at radius 2 is 0.717 bits per heavy atom. The summed E-state index contributed by atoms with van der Waals surface area (Å²) >= 11 is 0. The Kier molecular flexibility index (Phi) is 29.8. The van der Waals surface area contributed by atoms with E-state index in [2.05, 4.69) is 40.6 Å². The van der Waals surface area contributed by atoms with E-state index < -0.39 is 257 Å². The summed E-state index contributed by atoms with van der Waals surface area (Å²) in [6.07, 6.45) is 11.1. The molecule has 0 unspecified atom stereocenters. The molecule has 28 nitrogen and oxygen atoms in total. The van der Waals surface area contributed by atoms with Crippen molar-refractivity contribution in [2.75, 3.05) is 39.3 Å². The average Bonchev–Trinajstić information content (AvgIpc) is 1.56. The van der Waals surface area contributed by atoms with Crippen LogP contribution in [-0.2, 0) is 90.6 Å². The molecule has 13 rings (SSSR count). The van der Waals surface area contributed by atoms with Crippen LogP contribution in [0.15, 0.2) is 92.9 Å². The third kappa shape index (κ3) is 20.1. The van der Waals surface area contributed by atoms with Crippen LogP contribution in [0.2, 0.25) is 0 Å². The second-order valence-corrected chi connectivity index (χ2v) is 28.0. The van der Waals surface area contributed by atoms with Crippen LogP contribution in [0.5, 0.6) is 23.0 Å². The molecular formula is C71H44ClF15Fe3N10O18S2+2. The van der Waals surface area contributed by atoms with Crippen molar-refractivity contribution in [3.63, 3.8) is 0 Å². The largest absolute Gasteiger partial charge is 5.00 e. The molecule has 4 aliphatic rings. The van der Waals surface area contributed by atoms with Gasteiger partial charge in [0.1, 0.15) is 20.2 Å². The van der Waals surface area contributed by atoms with E-state index in [-0.39, 0.29) is 88.8 Å². The van der Waals surface area contributed by atoms with Crippen molar-refractivity contribution in [3.8, 4) is 56.4 Å². The third-order valence-electron chi connectivity index (χ3n) is 16.3. The molecule has 49 heteroatoms. The van der Waals surface area contributed by atoms with Gasteiger partial charge in [-0.1, -0.05) is 36.4 Å². The first-order chi connectivity index (χ1) is 54.3. The van der Waals surface area contributed by atoms with Crippen LogP contribution in [0, 0.1) is 87.3 Å². The van der Waals surface area contributed by atoms with Crippen LogP contribution < -0.4 is 46.3 Å². The van der Waals surface area contributed by atoms with Gasteiger partial charge >= 0.3 is 75.1 Å². The number of benzene rings is 5. The maximum Gasteiger partial charge on any atom is 5.00 e. The molecule has 0 saturated carbocycles. The number of carboxylic acids is 4. The van der Waals surface area contributed by atoms with Gasteiger partial charge in [-0.25, -0.2) is 87.7 Å². The normalized spacial score (nSPS) is 13.6. The first kappa shape index (κ1) is 96.0. The third-order valence-corrected chi connectivity index (χ3v) is 18.0. The maximum atomic E-state index is 15.7. The first-order valence-electron chi connectivity index (χ1n) is 32.2. The predicted molar refractivity (Wildman–Crippen MR) is 371 cm³/mol. The van der Waals surface area contributed by atoms with Gasteiger partial charge in [-0.05, 0) is 41.0 Å². The van der Waals surface area contributed by atoms with Gasteiger partial charge in [0, 0.05) is 75.1 Å². The van der Waals surface area contributed by atoms with Gasteiger partial charge in [0.25, 0.3) is 0 Å². The summed E-state index contributed by atoms with van der Waals surface area (Å²) in [4.78, 5) is 64.5. The van der Waals surface area contributed by atoms with Gasteiger partial charge < -0.3 is 86.5 Å². The SMILES string of the molecule is CC1(C)Oc2cc3c(cc2O1)[N-]C=CC=Nc1cc2c(cc1[N-]C=CC=N3)OC(C)(C)O2.O=C(O)CN(CCN(CC(=O)O)CC(=O)O)CC(=O)O.O=S(=O)([O-])c1cc2[n-]c1c(-c1c(F)c(F)c(F)c(F)c1F)c1ccc([n-]1)c(-c1c(F)c(F)c(F)c(F)c1F)c1nc(c(-c3c(F)c(F)c(F)c(F)c3F)c3cc(S(=O)(=O)[O-])c2[n-]3)C=C1.[Cl-].[Fe+2].[Fe+3].[Fe+5]. The molecule has 120 heavy (non-hydrogen) atoms. The quantitative estimate of drug-likeness (QED) is 0.0229. The molecule has 0 spiro atoms. The van der Waals surface area contributed by atoms with Crippen LogP contribution in [0.3, 0.4) is 0 Å². The minimum absolute atomic E-state index is 0. The number of halogens is 16. The zero-order valence-electron chi connectivity index (χ0n) is 59.9. The summed E-state index contributed by atoms with van der Waals surface area (Å²) in [6.45, 7) is 5.17. The van der Waals surface area contributed by atoms with Gasteiger partial charge in [-0.3, -0.25) is 39.0 Å². The van der Waals surface area contributed by atoms with E-state index in [0.717, 1.165) is 9.80 Å². The van der Waals surface area contributed by atoms with Crippen molar-refractivity contribution in [1.82, 2.24) is 29.7 Å². The zero-order chi connectivity index (χ0) is 85.0. The molecule has 0 atom stereocenters. The summed E-state index contributed by atoms with van der Waals surface area (Å²) in [5.74, 6) is -45.1. The summed E-state index contributed by atoms with van der Waals surface area (Å²) in [5.41, 5.74) is -19.3. The minimum atomic E-state index is -6.24. The van der Waals surface area contributed by atoms with Crippen molar-refractivity contribution < 1.29 is 214 Å². The molecule has 4 N–H and O–H groups in total. The van der Waals surface area contributed by atoms with E-state index >= 15 is 26.3 Å². The van der Waals surface area contributed by atoms with Gasteiger partial charge in [0.15, 0.2) is 92.8 Å². The average molecular weight is 1880 g/mol. The molecule has 8 heterocycles. The molecule has 4 aromatic heterocycles. The second kappa shape index (κ2) is 37.2. The molecule has 0 aliphatic carbocycles. The number of hydrogen-bond donors (Lipinski definition) is 4. The van der Waals surface area contributed by atoms with E-state index in [9.17, 15) is 84.6 Å². The molecule has 0 fully saturated rings. The van der Waals surface area contributed by atoms with E-state index in [1.165, 1.54) is 0 Å². The number of aromatic nitrogens is 4. The molecule has 632 valence electrons. The molecule has 9 aromatic rings. The number of hydrogen-bond acceptors (Lipinski definition) is 19. The first-order valence-corrected chi connectivity index (χ1v) is 35.0. The van der Waals surface area contributed by atoms with Crippen LogP contribution in [0.1, 0.15) is 39.1 Å². The van der Waals surface area contributed by atoms with E-state index in [0.29, 0.717) is 70.0 Å². The van der Waals surface area contributed by atoms with Crippen molar-refractivity contribution in [1.29, 1.82) is 0 Å². The molecule has 2 radical (unpaired) electrons. The van der Waals surface area contributed by atoms with Gasteiger partial charge in [-0.15, -0.1) is 44.5 Å². The number of carbonyl (C=O) groups is 4. The number of allylic oxidation sites excluding steroid dienone is 2. The van der Waals surface area contributed by atoms with Crippen LogP contribution >= 0.6 is 0 Å². The summed E-state index contributed by atoms with van der Waals surface area (Å²) < 4.78 is 325. The summed E-state index contributed by atoms with van der Waals surface area (Å²) in [6, 6.07) is 8.13. The molecule has 0 saturated heterocycles. The van der Waals surface area contributed by atoms with Crippen LogP contribution in [0.4, 0.5) is 88.6 Å². The van der Waals surface area contributed by atoms with Crippen molar-refractivity contribution >= 4 is 125 Å². The molecule has 0 amide bonds. The zero-order valence-corrected chi connectivity index (χ0v) is 65.6. The number of aliphatic imine (C=N–C) groups is 2. The second-order valence-electron chi connectivity index (χ2n) is 25.3. The monoisotopic (exact) mass is 1880 g/mol. The predicted octanol–water partition coefficient (Wildman–Crippen LogP) is 10.3. The Labute approximate surface area is 701 Å². The fourth-order valence-corrected chi connectivity index (χ4v) is 12.9. The Bertz CT molecular complexity index is 5990. The topological polar surface area (TPSA) is 415 Å². The van der Waals surface area contributed by atoms with E-state index in [1.807, 2.05) is 52.0 Å².